The second-order valence-electron chi connectivity index (χ2n) is 7.32. The molecular weight excluding hydrogens is 485 g/mol. The van der Waals surface area contributed by atoms with Crippen LogP contribution in [0.2, 0.25) is 0 Å². The van der Waals surface area contributed by atoms with Gasteiger partial charge in [-0.15, -0.1) is 24.0 Å². The fourth-order valence-corrected chi connectivity index (χ4v) is 2.80. The predicted octanol–water partition coefficient (Wildman–Crippen LogP) is 2.96. The van der Waals surface area contributed by atoms with Crippen LogP contribution in [-0.4, -0.2) is 65.7 Å². The lowest BCUT2D eigenvalue weighted by Crippen LogP contribution is -2.39. The second-order valence-corrected chi connectivity index (χ2v) is 7.32. The number of aliphatic imine (C=N–C) groups is 1. The Morgan fingerprint density at radius 3 is 2.59 bits per heavy atom. The van der Waals surface area contributed by atoms with Crippen LogP contribution in [0.3, 0.4) is 0 Å². The molecular formula is C21H36IN3O4. The Bertz CT molecular complexity index is 626. The molecule has 0 fully saturated rings. The average molecular weight is 521 g/mol. The standard InChI is InChI=1S/C21H35N3O4.HI/c1-5-22-20(23-9-6-10-26-12-11-25-4)24-16-21(2,3)17-7-8-18-19(15-17)28-14-13-27-18;/h7-8,15H,5-6,9-14,16H2,1-4H3,(H2,22,23,24);1H. The van der Waals surface area contributed by atoms with Gasteiger partial charge in [-0.3, -0.25) is 4.99 Å². The van der Waals surface area contributed by atoms with Gasteiger partial charge in [-0.25, -0.2) is 0 Å². The van der Waals surface area contributed by atoms with Gasteiger partial charge in [-0.05, 0) is 31.0 Å². The van der Waals surface area contributed by atoms with Crippen LogP contribution in [0.5, 0.6) is 11.5 Å². The lowest BCUT2D eigenvalue weighted by Gasteiger charge is -2.26. The molecule has 0 aliphatic carbocycles. The van der Waals surface area contributed by atoms with Crippen LogP contribution in [-0.2, 0) is 14.9 Å². The number of hydrogen-bond donors (Lipinski definition) is 2. The fraction of sp³-hybridized carbons (Fsp3) is 0.667. The number of hydrogen-bond acceptors (Lipinski definition) is 5. The molecule has 0 unspecified atom stereocenters. The zero-order valence-corrected chi connectivity index (χ0v) is 20.4. The van der Waals surface area contributed by atoms with Gasteiger partial charge in [0.15, 0.2) is 17.5 Å². The van der Waals surface area contributed by atoms with E-state index in [9.17, 15) is 0 Å². The Labute approximate surface area is 191 Å². The Morgan fingerprint density at radius 1 is 1.10 bits per heavy atom. The third-order valence-electron chi connectivity index (χ3n) is 4.49. The van der Waals surface area contributed by atoms with E-state index in [2.05, 4.69) is 43.5 Å². The number of rotatable bonds is 11. The molecule has 1 aliphatic heterocycles. The summed E-state index contributed by atoms with van der Waals surface area (Å²) in [7, 11) is 1.68. The van der Waals surface area contributed by atoms with Crippen LogP contribution in [0.1, 0.15) is 32.8 Å². The van der Waals surface area contributed by atoms with Crippen molar-refractivity contribution in [1.82, 2.24) is 10.6 Å². The van der Waals surface area contributed by atoms with Gasteiger partial charge >= 0.3 is 0 Å². The van der Waals surface area contributed by atoms with Gasteiger partial charge in [-0.2, -0.15) is 0 Å². The summed E-state index contributed by atoms with van der Waals surface area (Å²) in [6.07, 6.45) is 0.916. The Balaban J connectivity index is 0.00000420. The van der Waals surface area contributed by atoms with Crippen LogP contribution >= 0.6 is 24.0 Å². The SMILES string of the molecule is CCNC(=NCC(C)(C)c1ccc2c(c1)OCCO2)NCCCOCCOC.I. The van der Waals surface area contributed by atoms with Gasteiger partial charge in [0, 0.05) is 32.2 Å². The van der Waals surface area contributed by atoms with Crippen molar-refractivity contribution in [3.8, 4) is 11.5 Å². The average Bonchev–Trinajstić information content (AvgIpc) is 2.71. The smallest absolute Gasteiger partial charge is 0.191 e. The summed E-state index contributed by atoms with van der Waals surface area (Å²) in [5, 5.41) is 6.67. The Hall–Kier alpha value is -1.26. The third-order valence-corrected chi connectivity index (χ3v) is 4.49. The first kappa shape index (κ1) is 25.8. The second kappa shape index (κ2) is 13.9. The summed E-state index contributed by atoms with van der Waals surface area (Å²) in [4.78, 5) is 4.78. The van der Waals surface area contributed by atoms with E-state index in [1.807, 2.05) is 6.07 Å². The van der Waals surface area contributed by atoms with Crippen molar-refractivity contribution < 1.29 is 18.9 Å². The van der Waals surface area contributed by atoms with Crippen LogP contribution < -0.4 is 20.1 Å². The first-order valence-electron chi connectivity index (χ1n) is 10.1. The molecule has 0 radical (unpaired) electrons. The molecule has 0 saturated heterocycles. The van der Waals surface area contributed by atoms with Crippen molar-refractivity contribution in [2.45, 2.75) is 32.6 Å². The van der Waals surface area contributed by atoms with Crippen molar-refractivity contribution in [2.75, 3.05) is 59.8 Å². The molecule has 0 bridgehead atoms. The molecule has 166 valence electrons. The molecule has 7 nitrogen and oxygen atoms in total. The summed E-state index contributed by atoms with van der Waals surface area (Å²) in [5.74, 6) is 2.46. The van der Waals surface area contributed by atoms with Gasteiger partial charge in [0.25, 0.3) is 0 Å². The van der Waals surface area contributed by atoms with Crippen molar-refractivity contribution in [3.05, 3.63) is 23.8 Å². The van der Waals surface area contributed by atoms with Crippen molar-refractivity contribution in [3.63, 3.8) is 0 Å². The maximum Gasteiger partial charge on any atom is 0.191 e. The van der Waals surface area contributed by atoms with E-state index in [4.69, 9.17) is 23.9 Å². The molecule has 29 heavy (non-hydrogen) atoms. The van der Waals surface area contributed by atoms with Crippen molar-refractivity contribution in [1.29, 1.82) is 0 Å². The molecule has 2 rings (SSSR count). The number of ether oxygens (including phenoxy) is 4. The summed E-state index contributed by atoms with van der Waals surface area (Å²) in [5.41, 5.74) is 1.06. The zero-order valence-electron chi connectivity index (χ0n) is 18.1. The minimum absolute atomic E-state index is 0. The Morgan fingerprint density at radius 2 is 1.86 bits per heavy atom. The van der Waals surface area contributed by atoms with E-state index in [0.29, 0.717) is 39.6 Å². The largest absolute Gasteiger partial charge is 0.486 e. The van der Waals surface area contributed by atoms with Crippen LogP contribution in [0.4, 0.5) is 0 Å². The third kappa shape index (κ3) is 8.96. The van der Waals surface area contributed by atoms with E-state index in [1.165, 1.54) is 5.56 Å². The number of methoxy groups -OCH3 is 1. The van der Waals surface area contributed by atoms with Crippen molar-refractivity contribution in [2.24, 2.45) is 4.99 Å². The highest BCUT2D eigenvalue weighted by molar-refractivity contribution is 14.0. The summed E-state index contributed by atoms with van der Waals surface area (Å²) in [6, 6.07) is 6.16. The summed E-state index contributed by atoms with van der Waals surface area (Å²) >= 11 is 0. The van der Waals surface area contributed by atoms with Crippen molar-refractivity contribution >= 4 is 29.9 Å². The highest BCUT2D eigenvalue weighted by atomic mass is 127. The number of guanidine groups is 1. The number of fused-ring (bicyclic) bond motifs is 1. The van der Waals surface area contributed by atoms with Crippen LogP contribution in [0, 0.1) is 0 Å². The zero-order chi connectivity index (χ0) is 20.2. The first-order valence-corrected chi connectivity index (χ1v) is 10.1. The van der Waals surface area contributed by atoms with E-state index in [0.717, 1.165) is 37.0 Å². The molecule has 1 heterocycles. The quantitative estimate of drug-likeness (QED) is 0.202. The van der Waals surface area contributed by atoms with E-state index < -0.39 is 0 Å². The van der Waals surface area contributed by atoms with Gasteiger partial charge in [0.2, 0.25) is 0 Å². The number of nitrogens with one attached hydrogen (secondary N) is 2. The van der Waals surface area contributed by atoms with E-state index in [-0.39, 0.29) is 29.4 Å². The lowest BCUT2D eigenvalue weighted by atomic mass is 9.84. The molecule has 2 N–H and O–H groups in total. The van der Waals surface area contributed by atoms with Gasteiger partial charge < -0.3 is 29.6 Å². The number of benzene rings is 1. The molecule has 1 aromatic carbocycles. The van der Waals surface area contributed by atoms with Crippen LogP contribution in [0.15, 0.2) is 23.2 Å². The monoisotopic (exact) mass is 521 g/mol. The molecule has 0 atom stereocenters. The first-order chi connectivity index (χ1) is 13.6. The van der Waals surface area contributed by atoms with Crippen LogP contribution in [0.25, 0.3) is 0 Å². The molecule has 1 aliphatic rings. The molecule has 0 saturated carbocycles. The van der Waals surface area contributed by atoms with Gasteiger partial charge in [0.05, 0.1) is 19.8 Å². The van der Waals surface area contributed by atoms with Gasteiger partial charge in [-0.1, -0.05) is 19.9 Å². The maximum absolute atomic E-state index is 5.72. The highest BCUT2D eigenvalue weighted by Gasteiger charge is 2.23. The summed E-state index contributed by atoms with van der Waals surface area (Å²) in [6.45, 7) is 11.9. The molecule has 0 aromatic heterocycles. The maximum atomic E-state index is 5.72. The minimum Gasteiger partial charge on any atom is -0.486 e. The topological polar surface area (TPSA) is 73.3 Å². The molecule has 0 amide bonds. The number of nitrogens with zero attached hydrogens (tertiary/aromatic N) is 1. The van der Waals surface area contributed by atoms with E-state index >= 15 is 0 Å². The molecule has 1 aromatic rings. The summed E-state index contributed by atoms with van der Waals surface area (Å²) < 4.78 is 21.8. The van der Waals surface area contributed by atoms with E-state index in [1.54, 1.807) is 7.11 Å². The Kier molecular flexibility index (Phi) is 12.3. The minimum atomic E-state index is -0.124. The predicted molar refractivity (Wildman–Crippen MR) is 127 cm³/mol. The highest BCUT2D eigenvalue weighted by Crippen LogP contribution is 2.35. The normalized spacial score (nSPS) is 13.6. The fourth-order valence-electron chi connectivity index (χ4n) is 2.80. The molecule has 8 heteroatoms. The number of halogens is 1. The lowest BCUT2D eigenvalue weighted by molar-refractivity contribution is 0.0698. The molecule has 0 spiro atoms. The van der Waals surface area contributed by atoms with Gasteiger partial charge in [0.1, 0.15) is 13.2 Å².